The highest BCUT2D eigenvalue weighted by Gasteiger charge is 2.40. The lowest BCUT2D eigenvalue weighted by Crippen LogP contribution is -2.11. The van der Waals surface area contributed by atoms with Crippen molar-refractivity contribution in [3.05, 3.63) is 532 Å². The van der Waals surface area contributed by atoms with E-state index in [1.165, 1.54) is 36.4 Å². The first kappa shape index (κ1) is 102. The monoisotopic (exact) mass is 2000 g/mol. The summed E-state index contributed by atoms with van der Waals surface area (Å²) in [5, 5.41) is 0.567. The molecule has 1 nitrogen and oxygen atoms in total. The van der Waals surface area contributed by atoms with Crippen molar-refractivity contribution in [1.82, 2.24) is 0 Å². The van der Waals surface area contributed by atoms with Crippen molar-refractivity contribution in [2.75, 3.05) is 7.11 Å². The highest BCUT2D eigenvalue weighted by atomic mass is 35.5. The summed E-state index contributed by atoms with van der Waals surface area (Å²) in [6, 6.07) is 129. The molecule has 0 saturated carbocycles. The van der Waals surface area contributed by atoms with E-state index in [4.69, 9.17) is 16.3 Å². The molecule has 19 rings (SSSR count). The molecule has 0 aromatic heterocycles. The number of allylic oxidation sites excluding steroid dienone is 2. The van der Waals surface area contributed by atoms with Gasteiger partial charge in [0.15, 0.2) is 0 Å². The van der Waals surface area contributed by atoms with Gasteiger partial charge in [0.2, 0.25) is 0 Å². The number of hydrogen-bond donors (Lipinski definition) is 0. The maximum Gasteiger partial charge on any atom is 0.416 e. The molecule has 0 saturated heterocycles. The molecule has 0 unspecified atom stereocenters. The number of alkyl halides is 6. The standard InChI is InChI=1S/C138H104ClF10O/c1-6-7-8-9-10-13-29-93-44-52-102(53-45-93)123-84-111(75-78-121(123)119-37-19-18-33-112(119)88-150-5)133-132(107-58-50-96(51-59-107)42-43-97-32-23-35-117(140)80-97)134(122-79-74-110(85-127(122)143)109-34-24-36-118(141)83-109)131(108-68-60-98(61-69-108)90(4)113-81-114(137(144,145)146)86-115(82-113)138(147,148)149)128(89(2)3)135(133)136-129(105-56-48-94(49-57-105)31-22-30-91-25-14-11-15-26-91)125(104-64-62-99(63-65-104)100-72-76-116(139)77-73-100)87-124(103-54-46-95(47-55-103)41-40-92-27-16-12-17-28-92)130(136)106-70-66-101(67-71-106)120-38-20-21-39-126(120)142/h11-29,31-86,89H,4,6-10,30,88H2,1-3,5H3/b29-13+,31-22+,41-40+,43-42+. The van der Waals surface area contributed by atoms with Crippen molar-refractivity contribution in [3.63, 3.8) is 0 Å². The van der Waals surface area contributed by atoms with Crippen LogP contribution >= 0.6 is 11.6 Å². The third-order valence-electron chi connectivity index (χ3n) is 27.5. The van der Waals surface area contributed by atoms with Crippen LogP contribution in [0.5, 0.6) is 0 Å². The normalized spacial score (nSPS) is 11.9. The van der Waals surface area contributed by atoms with Crippen LogP contribution in [0.2, 0.25) is 5.02 Å². The van der Waals surface area contributed by atoms with E-state index in [0.29, 0.717) is 140 Å². The Kier molecular flexibility index (Phi) is 31.2. The van der Waals surface area contributed by atoms with Crippen LogP contribution in [0.1, 0.15) is 131 Å². The van der Waals surface area contributed by atoms with Gasteiger partial charge in [-0.1, -0.05) is 440 Å². The predicted octanol–water partition coefficient (Wildman–Crippen LogP) is 41.0. The number of halogens is 11. The highest BCUT2D eigenvalue weighted by molar-refractivity contribution is 6.30. The molecule has 0 heterocycles. The lowest BCUT2D eigenvalue weighted by molar-refractivity contribution is -0.143. The van der Waals surface area contributed by atoms with Gasteiger partial charge in [-0.05, 0) is 310 Å². The van der Waals surface area contributed by atoms with Gasteiger partial charge in [0.1, 0.15) is 23.3 Å². The molecule has 0 aliphatic carbocycles. The molecule has 19 aromatic carbocycles. The number of rotatable bonds is 32. The highest BCUT2D eigenvalue weighted by Crippen LogP contribution is 2.62. The van der Waals surface area contributed by atoms with Gasteiger partial charge in [-0.15, -0.1) is 0 Å². The fourth-order valence-corrected chi connectivity index (χ4v) is 20.2. The van der Waals surface area contributed by atoms with Crippen molar-refractivity contribution in [2.45, 2.75) is 84.2 Å². The summed E-state index contributed by atoms with van der Waals surface area (Å²) < 4.78 is 165. The van der Waals surface area contributed by atoms with Crippen LogP contribution in [0.25, 0.3) is 198 Å². The van der Waals surface area contributed by atoms with Crippen LogP contribution < -0.4 is 0 Å². The van der Waals surface area contributed by atoms with Gasteiger partial charge in [0.25, 0.3) is 0 Å². The Balaban J connectivity index is 1.04. The molecule has 12 heteroatoms. The molecule has 19 aromatic rings. The smallest absolute Gasteiger partial charge is 0.380 e. The van der Waals surface area contributed by atoms with Gasteiger partial charge in [0.05, 0.1) is 17.7 Å². The first-order valence-corrected chi connectivity index (χ1v) is 50.6. The zero-order chi connectivity index (χ0) is 104. The largest absolute Gasteiger partial charge is 0.416 e. The summed E-state index contributed by atoms with van der Waals surface area (Å²) >= 11 is 6.66. The fraction of sp³-hybridized carbons (Fsp3) is 0.101. The SMILES string of the molecule is C=C(c1ccc(-c2c(-c3ccc(-c4cccc(F)c4)cc3F)c(-c3ccc(/C=C/c4cccc(F)c4)cc3)c(-c3ccc(-c4ccccc4COC)c(-c4ccc(/C=C/CCCCCC)cc4)c3)c(-c3c(-c4ccc(/C=C/Cc5ccccc5)cc4)c(-c4ccc(-c5ccc(Cl)cc5)cc4)[c]c(-c4ccc(/C=C/c5ccccc5)cc4)c3-c3ccc(-c4ccccc4F)cc3)c2C(C)C)cc1)c1cc(C(F)(F)F)cc(C(F)(F)F)c1. The second-order valence-corrected chi connectivity index (χ2v) is 38.4. The Morgan fingerprint density at radius 3 is 1.35 bits per heavy atom. The van der Waals surface area contributed by atoms with Crippen molar-refractivity contribution in [1.29, 1.82) is 0 Å². The molecule has 0 fully saturated rings. The van der Waals surface area contributed by atoms with Gasteiger partial charge in [0, 0.05) is 28.8 Å². The van der Waals surface area contributed by atoms with Crippen LogP contribution in [0.15, 0.2) is 425 Å². The van der Waals surface area contributed by atoms with E-state index >= 15 is 43.9 Å². The third kappa shape index (κ3) is 23.2. The molecule has 0 aliphatic rings. The minimum absolute atomic E-state index is 0.0754. The first-order valence-electron chi connectivity index (χ1n) is 50.3. The molecule has 0 bridgehead atoms. The van der Waals surface area contributed by atoms with Gasteiger partial charge in [-0.2, -0.15) is 26.3 Å². The molecule has 0 spiro atoms. The van der Waals surface area contributed by atoms with Crippen LogP contribution in [-0.2, 0) is 30.1 Å². The van der Waals surface area contributed by atoms with Gasteiger partial charge < -0.3 is 4.74 Å². The summed E-state index contributed by atoms with van der Waals surface area (Å²) in [7, 11) is 1.67. The summed E-state index contributed by atoms with van der Waals surface area (Å²) in [5.41, 5.74) is 21.3. The van der Waals surface area contributed by atoms with Crippen LogP contribution in [-0.4, -0.2) is 7.11 Å². The molecule has 0 aliphatic heterocycles. The molecule has 0 N–H and O–H groups in total. The van der Waals surface area contributed by atoms with Gasteiger partial charge in [-0.3, -0.25) is 0 Å². The zero-order valence-corrected chi connectivity index (χ0v) is 83.9. The van der Waals surface area contributed by atoms with Gasteiger partial charge in [-0.25, -0.2) is 17.6 Å². The zero-order valence-electron chi connectivity index (χ0n) is 83.1. The number of unbranched alkanes of at least 4 members (excludes halogenated alkanes) is 4. The maximum absolute atomic E-state index is 20.1. The number of benzene rings is 19. The molecule has 0 amide bonds. The Bertz CT molecular complexity index is 8190. The molecular formula is C138H104ClF10O. The first-order chi connectivity index (χ1) is 72.8. The summed E-state index contributed by atoms with van der Waals surface area (Å²) in [5.74, 6) is -2.82. The van der Waals surface area contributed by atoms with Crippen molar-refractivity contribution in [2.24, 2.45) is 0 Å². The molecule has 739 valence electrons. The second kappa shape index (κ2) is 45.8. The maximum atomic E-state index is 20.1. The quantitative estimate of drug-likeness (QED) is 0.0232. The van der Waals surface area contributed by atoms with Crippen molar-refractivity contribution in [3.8, 4) is 156 Å². The van der Waals surface area contributed by atoms with E-state index in [1.54, 1.807) is 79.9 Å². The van der Waals surface area contributed by atoms with Crippen molar-refractivity contribution >= 4 is 53.6 Å². The number of hydrogen-bond acceptors (Lipinski definition) is 1. The van der Waals surface area contributed by atoms with E-state index in [1.807, 2.05) is 152 Å². The Morgan fingerprint density at radius 1 is 0.320 bits per heavy atom. The van der Waals surface area contributed by atoms with Gasteiger partial charge >= 0.3 is 12.4 Å². The summed E-state index contributed by atoms with van der Waals surface area (Å²) in [6.07, 6.45) is 12.1. The minimum Gasteiger partial charge on any atom is -0.380 e. The fourth-order valence-electron chi connectivity index (χ4n) is 20.0. The topological polar surface area (TPSA) is 9.23 Å². The van der Waals surface area contributed by atoms with E-state index in [9.17, 15) is 0 Å². The average Bonchev–Trinajstić information content (AvgIpc) is 0.694. The Morgan fingerprint density at radius 2 is 0.767 bits per heavy atom. The van der Waals surface area contributed by atoms with Crippen molar-refractivity contribution < 1.29 is 48.6 Å². The molecule has 150 heavy (non-hydrogen) atoms. The third-order valence-corrected chi connectivity index (χ3v) is 27.8. The van der Waals surface area contributed by atoms with Crippen LogP contribution in [0.3, 0.4) is 0 Å². The average molecular weight is 2000 g/mol. The van der Waals surface area contributed by atoms with Crippen LogP contribution in [0.4, 0.5) is 43.9 Å². The van der Waals surface area contributed by atoms with Crippen LogP contribution in [0, 0.1) is 29.3 Å². The summed E-state index contributed by atoms with van der Waals surface area (Å²) in [6.45, 7) is 10.9. The molecule has 1 radical (unpaired) electrons. The predicted molar refractivity (Wildman–Crippen MR) is 603 cm³/mol. The van der Waals surface area contributed by atoms with E-state index in [0.717, 1.165) is 116 Å². The van der Waals surface area contributed by atoms with E-state index in [2.05, 4.69) is 209 Å². The summed E-state index contributed by atoms with van der Waals surface area (Å²) in [4.78, 5) is 0. The van der Waals surface area contributed by atoms with E-state index < -0.39 is 58.2 Å². The minimum atomic E-state index is -5.20. The lowest BCUT2D eigenvalue weighted by atomic mass is 9.69. The Labute approximate surface area is 875 Å². The van der Waals surface area contributed by atoms with E-state index in [-0.39, 0.29) is 29.4 Å². The molecular weight excluding hydrogens is 1900 g/mol. The molecule has 0 atom stereocenters. The second-order valence-electron chi connectivity index (χ2n) is 38.0. The number of methoxy groups -OCH3 is 1. The Hall–Kier alpha value is -16.6. The lowest BCUT2D eigenvalue weighted by Gasteiger charge is -2.33. The number of ether oxygens (including phenoxy) is 1.